The number of phenols is 1. The molecule has 88 valence electrons. The first-order valence-corrected chi connectivity index (χ1v) is 5.66. The Kier molecular flexibility index (Phi) is 2.66. The van der Waals surface area contributed by atoms with Gasteiger partial charge < -0.3 is 5.11 Å². The predicted octanol–water partition coefficient (Wildman–Crippen LogP) is 3.67. The van der Waals surface area contributed by atoms with E-state index in [4.69, 9.17) is 0 Å². The van der Waals surface area contributed by atoms with Crippen molar-refractivity contribution in [3.63, 3.8) is 0 Å². The molecule has 0 unspecified atom stereocenters. The summed E-state index contributed by atoms with van der Waals surface area (Å²) in [4.78, 5) is 11.5. The van der Waals surface area contributed by atoms with E-state index in [1.165, 1.54) is 12.5 Å². The lowest BCUT2D eigenvalue weighted by atomic mass is 9.95. The molecule has 0 saturated carbocycles. The molecule has 2 rings (SSSR count). The first kappa shape index (κ1) is 11.6. The number of hydrogen-bond donors (Lipinski definition) is 1. The minimum atomic E-state index is -0.0971. The lowest BCUT2D eigenvalue weighted by molar-refractivity contribution is 0.101. The molecule has 0 spiro atoms. The van der Waals surface area contributed by atoms with Crippen LogP contribution in [0, 0.1) is 20.8 Å². The average Bonchev–Trinajstić information content (AvgIpc) is 2.21. The van der Waals surface area contributed by atoms with Gasteiger partial charge in [0.25, 0.3) is 0 Å². The third-order valence-electron chi connectivity index (χ3n) is 3.28. The number of aryl methyl sites for hydroxylation is 3. The molecule has 0 aliphatic rings. The predicted molar refractivity (Wildman–Crippen MR) is 69.8 cm³/mol. The highest BCUT2D eigenvalue weighted by Crippen LogP contribution is 2.33. The number of phenolic OH excluding ortho intramolecular Hbond substituents is 1. The number of rotatable bonds is 1. The third kappa shape index (κ3) is 1.80. The molecule has 0 aromatic heterocycles. The van der Waals surface area contributed by atoms with Crippen molar-refractivity contribution in [2.24, 2.45) is 0 Å². The molecule has 0 radical (unpaired) electrons. The number of carbonyl (C=O) groups excluding carboxylic acids is 1. The Hall–Kier alpha value is -1.83. The fourth-order valence-electron chi connectivity index (χ4n) is 2.23. The van der Waals surface area contributed by atoms with E-state index in [2.05, 4.69) is 0 Å². The van der Waals surface area contributed by atoms with Crippen LogP contribution in [0.3, 0.4) is 0 Å². The standard InChI is InChI=1S/C15H16O2/c1-8-5-12-6-10(3)14(11(4)16)15(17)13(12)7-9(8)2/h5-7,17H,1-4H3. The van der Waals surface area contributed by atoms with E-state index >= 15 is 0 Å². The highest BCUT2D eigenvalue weighted by Gasteiger charge is 2.14. The summed E-state index contributed by atoms with van der Waals surface area (Å²) in [6.45, 7) is 7.38. The van der Waals surface area contributed by atoms with E-state index in [-0.39, 0.29) is 11.5 Å². The van der Waals surface area contributed by atoms with Crippen LogP contribution < -0.4 is 0 Å². The van der Waals surface area contributed by atoms with E-state index in [1.807, 2.05) is 39.0 Å². The molecule has 17 heavy (non-hydrogen) atoms. The summed E-state index contributed by atoms with van der Waals surface area (Å²) in [7, 11) is 0. The van der Waals surface area contributed by atoms with E-state index in [9.17, 15) is 9.90 Å². The maximum Gasteiger partial charge on any atom is 0.163 e. The number of Topliss-reactive ketones (excluding diaryl/α,β-unsaturated/α-hetero) is 1. The molecule has 0 aliphatic heterocycles. The number of hydrogen-bond acceptors (Lipinski definition) is 2. The largest absolute Gasteiger partial charge is 0.507 e. The van der Waals surface area contributed by atoms with Gasteiger partial charge in [0.2, 0.25) is 0 Å². The van der Waals surface area contributed by atoms with E-state index < -0.39 is 0 Å². The zero-order valence-corrected chi connectivity index (χ0v) is 10.6. The normalized spacial score (nSPS) is 10.8. The van der Waals surface area contributed by atoms with Gasteiger partial charge in [-0.3, -0.25) is 4.79 Å². The van der Waals surface area contributed by atoms with Crippen LogP contribution in [-0.4, -0.2) is 10.9 Å². The van der Waals surface area contributed by atoms with Gasteiger partial charge in [-0.05, 0) is 55.8 Å². The molecule has 0 fully saturated rings. The number of benzene rings is 2. The molecule has 0 saturated heterocycles. The third-order valence-corrected chi connectivity index (χ3v) is 3.28. The quantitative estimate of drug-likeness (QED) is 0.756. The second-order valence-corrected chi connectivity index (χ2v) is 4.63. The second kappa shape index (κ2) is 3.88. The van der Waals surface area contributed by atoms with Gasteiger partial charge in [-0.2, -0.15) is 0 Å². The summed E-state index contributed by atoms with van der Waals surface area (Å²) in [5.74, 6) is 0.00993. The number of carbonyl (C=O) groups is 1. The van der Waals surface area contributed by atoms with Gasteiger partial charge in [0, 0.05) is 5.39 Å². The van der Waals surface area contributed by atoms with Crippen molar-refractivity contribution in [2.75, 3.05) is 0 Å². The molecular weight excluding hydrogens is 212 g/mol. The van der Waals surface area contributed by atoms with Crippen LogP contribution in [0.4, 0.5) is 0 Å². The van der Waals surface area contributed by atoms with Crippen molar-refractivity contribution in [1.29, 1.82) is 0 Å². The monoisotopic (exact) mass is 228 g/mol. The first-order chi connectivity index (χ1) is 7.91. The van der Waals surface area contributed by atoms with E-state index in [0.29, 0.717) is 5.56 Å². The molecule has 0 bridgehead atoms. The van der Waals surface area contributed by atoms with Crippen molar-refractivity contribution < 1.29 is 9.90 Å². The Morgan fingerprint density at radius 2 is 1.53 bits per heavy atom. The topological polar surface area (TPSA) is 37.3 Å². The smallest absolute Gasteiger partial charge is 0.163 e. The van der Waals surface area contributed by atoms with Crippen LogP contribution in [0.1, 0.15) is 34.0 Å². The first-order valence-electron chi connectivity index (χ1n) is 5.66. The molecule has 0 heterocycles. The van der Waals surface area contributed by atoms with Gasteiger partial charge in [0.1, 0.15) is 5.75 Å². The summed E-state index contributed by atoms with van der Waals surface area (Å²) in [5.41, 5.74) is 3.56. The van der Waals surface area contributed by atoms with Gasteiger partial charge >= 0.3 is 0 Å². The number of ketones is 1. The van der Waals surface area contributed by atoms with Crippen molar-refractivity contribution in [1.82, 2.24) is 0 Å². The summed E-state index contributed by atoms with van der Waals surface area (Å²) >= 11 is 0. The highest BCUT2D eigenvalue weighted by atomic mass is 16.3. The van der Waals surface area contributed by atoms with Gasteiger partial charge in [-0.15, -0.1) is 0 Å². The molecule has 2 aromatic carbocycles. The highest BCUT2D eigenvalue weighted by molar-refractivity contribution is 6.05. The molecule has 0 atom stereocenters. The van der Waals surface area contributed by atoms with Crippen molar-refractivity contribution in [3.05, 3.63) is 40.5 Å². The van der Waals surface area contributed by atoms with Crippen LogP contribution in [0.15, 0.2) is 18.2 Å². The molecular formula is C15H16O2. The van der Waals surface area contributed by atoms with Gasteiger partial charge in [-0.1, -0.05) is 12.1 Å². The maximum absolute atomic E-state index is 11.5. The minimum Gasteiger partial charge on any atom is -0.507 e. The molecule has 2 heteroatoms. The lowest BCUT2D eigenvalue weighted by Crippen LogP contribution is -1.98. The SMILES string of the molecule is CC(=O)c1c(C)cc2cc(C)c(C)cc2c1O. The molecule has 2 nitrogen and oxygen atoms in total. The van der Waals surface area contributed by atoms with Crippen LogP contribution >= 0.6 is 0 Å². The second-order valence-electron chi connectivity index (χ2n) is 4.63. The Morgan fingerprint density at radius 3 is 2.12 bits per heavy atom. The van der Waals surface area contributed by atoms with Crippen LogP contribution in [0.5, 0.6) is 5.75 Å². The zero-order chi connectivity index (χ0) is 12.7. The van der Waals surface area contributed by atoms with Crippen LogP contribution in [0.2, 0.25) is 0 Å². The zero-order valence-electron chi connectivity index (χ0n) is 10.6. The Bertz CT molecular complexity index is 625. The Morgan fingerprint density at radius 1 is 1.00 bits per heavy atom. The minimum absolute atomic E-state index is 0.0971. The van der Waals surface area contributed by atoms with Crippen molar-refractivity contribution in [3.8, 4) is 5.75 Å². The number of aromatic hydroxyl groups is 1. The molecule has 2 aromatic rings. The number of fused-ring (bicyclic) bond motifs is 1. The molecule has 0 amide bonds. The molecule has 1 N–H and O–H groups in total. The summed E-state index contributed by atoms with van der Waals surface area (Å²) in [5, 5.41) is 11.9. The van der Waals surface area contributed by atoms with Gasteiger partial charge in [0.05, 0.1) is 5.56 Å². The fourth-order valence-corrected chi connectivity index (χ4v) is 2.23. The summed E-state index contributed by atoms with van der Waals surface area (Å²) in [6.07, 6.45) is 0. The van der Waals surface area contributed by atoms with Crippen LogP contribution in [-0.2, 0) is 0 Å². The van der Waals surface area contributed by atoms with E-state index in [0.717, 1.165) is 21.9 Å². The Labute approximate surface area is 101 Å². The average molecular weight is 228 g/mol. The molecule has 0 aliphatic carbocycles. The summed E-state index contributed by atoms with van der Waals surface area (Å²) < 4.78 is 0. The van der Waals surface area contributed by atoms with Crippen molar-refractivity contribution in [2.45, 2.75) is 27.7 Å². The Balaban J connectivity index is 2.92. The maximum atomic E-state index is 11.5. The summed E-state index contributed by atoms with van der Waals surface area (Å²) in [6, 6.07) is 5.94. The van der Waals surface area contributed by atoms with Crippen molar-refractivity contribution >= 4 is 16.6 Å². The van der Waals surface area contributed by atoms with Gasteiger partial charge in [0.15, 0.2) is 5.78 Å². The lowest BCUT2D eigenvalue weighted by Gasteiger charge is -2.11. The fraction of sp³-hybridized carbons (Fsp3) is 0.267. The van der Waals surface area contributed by atoms with E-state index in [1.54, 1.807) is 0 Å². The van der Waals surface area contributed by atoms with Gasteiger partial charge in [-0.25, -0.2) is 0 Å². The van der Waals surface area contributed by atoms with Crippen LogP contribution in [0.25, 0.3) is 10.8 Å².